The number of hydrogen-bond donors (Lipinski definition) is 2. The molecule has 30 heavy (non-hydrogen) atoms. The van der Waals surface area contributed by atoms with Gasteiger partial charge in [-0.3, -0.25) is 4.79 Å². The van der Waals surface area contributed by atoms with Crippen molar-refractivity contribution < 1.29 is 19.1 Å². The van der Waals surface area contributed by atoms with Crippen molar-refractivity contribution in [1.29, 1.82) is 0 Å². The number of rotatable bonds is 7. The lowest BCUT2D eigenvalue weighted by Crippen LogP contribution is -2.55. The number of imidazole rings is 1. The van der Waals surface area contributed by atoms with Crippen molar-refractivity contribution in [2.75, 3.05) is 31.7 Å². The zero-order valence-corrected chi connectivity index (χ0v) is 19.0. The van der Waals surface area contributed by atoms with E-state index in [0.717, 1.165) is 10.8 Å². The number of carbonyl (C=O) groups is 2. The number of aromatic nitrogens is 3. The predicted molar refractivity (Wildman–Crippen MR) is 115 cm³/mol. The zero-order chi connectivity index (χ0) is 21.8. The molecule has 1 fully saturated rings. The number of ether oxygens (including phenoxy) is 2. The third kappa shape index (κ3) is 4.76. The molecule has 0 radical (unpaired) electrons. The van der Waals surface area contributed by atoms with Gasteiger partial charge in [-0.25, -0.2) is 14.8 Å². The van der Waals surface area contributed by atoms with Crippen LogP contribution in [0.15, 0.2) is 0 Å². The Balaban J connectivity index is 1.67. The standard InChI is InChI=1S/C19H26ClN5O4S/c1-5-11-15(20)24-16(22-11)17(26)23-12-7-8-25(9-13(12)28-4)19-21-10(3)14(30-19)18(27)29-6-2/h12-13H,5-9H2,1-4H3,(H,22,24)(H,23,26)/t12-,13+/m1/s1. The predicted octanol–water partition coefficient (Wildman–Crippen LogP) is 2.59. The van der Waals surface area contributed by atoms with Crippen LogP contribution in [0, 0.1) is 6.92 Å². The number of methoxy groups -OCH3 is 1. The van der Waals surface area contributed by atoms with Crippen LogP contribution in [0.1, 0.15) is 51.9 Å². The molecule has 2 atom stereocenters. The molecule has 0 spiro atoms. The fourth-order valence-electron chi connectivity index (χ4n) is 3.36. The third-order valence-corrected chi connectivity index (χ3v) is 6.50. The maximum Gasteiger partial charge on any atom is 0.350 e. The molecule has 3 rings (SSSR count). The van der Waals surface area contributed by atoms with Gasteiger partial charge in [0.2, 0.25) is 0 Å². The topological polar surface area (TPSA) is 109 Å². The summed E-state index contributed by atoms with van der Waals surface area (Å²) < 4.78 is 10.7. The summed E-state index contributed by atoms with van der Waals surface area (Å²) in [5.74, 6) is -0.469. The van der Waals surface area contributed by atoms with E-state index >= 15 is 0 Å². The third-order valence-electron chi connectivity index (χ3n) is 4.99. The molecular weight excluding hydrogens is 430 g/mol. The first-order valence-electron chi connectivity index (χ1n) is 9.85. The second-order valence-corrected chi connectivity index (χ2v) is 8.26. The van der Waals surface area contributed by atoms with Gasteiger partial charge in [0.15, 0.2) is 16.1 Å². The van der Waals surface area contributed by atoms with Gasteiger partial charge in [-0.05, 0) is 26.7 Å². The average molecular weight is 456 g/mol. The van der Waals surface area contributed by atoms with E-state index in [-0.39, 0.29) is 29.8 Å². The highest BCUT2D eigenvalue weighted by Gasteiger charge is 2.33. The molecule has 0 bridgehead atoms. The number of nitrogens with one attached hydrogen (secondary N) is 2. The first kappa shape index (κ1) is 22.5. The van der Waals surface area contributed by atoms with Crippen molar-refractivity contribution in [1.82, 2.24) is 20.3 Å². The number of nitrogens with zero attached hydrogens (tertiary/aromatic N) is 3. The van der Waals surface area contributed by atoms with E-state index in [2.05, 4.69) is 25.2 Å². The Morgan fingerprint density at radius 3 is 2.77 bits per heavy atom. The van der Waals surface area contributed by atoms with E-state index in [1.54, 1.807) is 21.0 Å². The monoisotopic (exact) mass is 455 g/mol. The zero-order valence-electron chi connectivity index (χ0n) is 17.5. The summed E-state index contributed by atoms with van der Waals surface area (Å²) >= 11 is 7.35. The first-order valence-corrected chi connectivity index (χ1v) is 11.0. The Bertz CT molecular complexity index is 915. The van der Waals surface area contributed by atoms with E-state index in [1.807, 2.05) is 6.92 Å². The molecule has 2 aromatic heterocycles. The molecule has 2 N–H and O–H groups in total. The quantitative estimate of drug-likeness (QED) is 0.617. The van der Waals surface area contributed by atoms with Gasteiger partial charge in [0, 0.05) is 20.2 Å². The fraction of sp³-hybridized carbons (Fsp3) is 0.579. The normalized spacial score (nSPS) is 19.0. The summed E-state index contributed by atoms with van der Waals surface area (Å²) in [6.45, 7) is 7.03. The van der Waals surface area contributed by atoms with Gasteiger partial charge in [-0.1, -0.05) is 29.9 Å². The van der Waals surface area contributed by atoms with Gasteiger partial charge in [0.1, 0.15) is 4.88 Å². The minimum absolute atomic E-state index is 0.182. The maximum absolute atomic E-state index is 12.6. The minimum Gasteiger partial charge on any atom is -0.462 e. The van der Waals surface area contributed by atoms with Crippen molar-refractivity contribution in [3.8, 4) is 0 Å². The number of aryl methyl sites for hydroxylation is 2. The molecule has 2 aromatic rings. The van der Waals surface area contributed by atoms with Crippen LogP contribution in [-0.4, -0.2) is 65.8 Å². The summed E-state index contributed by atoms with van der Waals surface area (Å²) in [6, 6.07) is -0.182. The van der Waals surface area contributed by atoms with E-state index in [1.165, 1.54) is 11.3 Å². The average Bonchev–Trinajstić information content (AvgIpc) is 3.31. The number of aromatic amines is 1. The number of carbonyl (C=O) groups excluding carboxylic acids is 2. The molecule has 11 heteroatoms. The van der Waals surface area contributed by atoms with Crippen LogP contribution in [-0.2, 0) is 15.9 Å². The van der Waals surface area contributed by atoms with Crippen LogP contribution < -0.4 is 10.2 Å². The molecule has 0 aromatic carbocycles. The fourth-order valence-corrected chi connectivity index (χ4v) is 4.63. The van der Waals surface area contributed by atoms with E-state index in [4.69, 9.17) is 21.1 Å². The lowest BCUT2D eigenvalue weighted by atomic mass is 10.0. The van der Waals surface area contributed by atoms with Gasteiger partial charge < -0.3 is 24.7 Å². The smallest absolute Gasteiger partial charge is 0.350 e. The van der Waals surface area contributed by atoms with Gasteiger partial charge in [-0.15, -0.1) is 0 Å². The van der Waals surface area contributed by atoms with Crippen LogP contribution in [0.3, 0.4) is 0 Å². The number of thiazole rings is 1. The summed E-state index contributed by atoms with van der Waals surface area (Å²) in [7, 11) is 1.61. The molecule has 0 saturated carbocycles. The highest BCUT2D eigenvalue weighted by molar-refractivity contribution is 7.17. The molecule has 1 aliphatic rings. The van der Waals surface area contributed by atoms with Crippen molar-refractivity contribution >= 4 is 39.9 Å². The van der Waals surface area contributed by atoms with Crippen molar-refractivity contribution in [3.63, 3.8) is 0 Å². The van der Waals surface area contributed by atoms with E-state index < -0.39 is 0 Å². The van der Waals surface area contributed by atoms with Crippen LogP contribution in [0.5, 0.6) is 0 Å². The summed E-state index contributed by atoms with van der Waals surface area (Å²) in [4.78, 5) is 38.8. The van der Waals surface area contributed by atoms with Crippen molar-refractivity contribution in [2.45, 2.75) is 45.8 Å². The Hall–Kier alpha value is -2.17. The lowest BCUT2D eigenvalue weighted by Gasteiger charge is -2.37. The second kappa shape index (κ2) is 9.76. The van der Waals surface area contributed by atoms with Crippen molar-refractivity contribution in [2.24, 2.45) is 0 Å². The van der Waals surface area contributed by atoms with Gasteiger partial charge in [0.05, 0.1) is 30.1 Å². The molecule has 0 unspecified atom stereocenters. The van der Waals surface area contributed by atoms with Gasteiger partial charge >= 0.3 is 5.97 Å². The summed E-state index contributed by atoms with van der Waals surface area (Å²) in [6.07, 6.45) is 1.08. The summed E-state index contributed by atoms with van der Waals surface area (Å²) in [5.41, 5.74) is 1.38. The van der Waals surface area contributed by atoms with Crippen LogP contribution in [0.2, 0.25) is 5.15 Å². The Labute approximate surface area is 184 Å². The molecule has 1 aliphatic heterocycles. The Kier molecular flexibility index (Phi) is 7.32. The van der Waals surface area contributed by atoms with Gasteiger partial charge in [-0.2, -0.15) is 0 Å². The van der Waals surface area contributed by atoms with E-state index in [9.17, 15) is 9.59 Å². The van der Waals surface area contributed by atoms with Crippen LogP contribution in [0.25, 0.3) is 0 Å². The molecule has 0 aliphatic carbocycles. The molecule has 9 nitrogen and oxygen atoms in total. The first-order chi connectivity index (χ1) is 14.4. The second-order valence-electron chi connectivity index (χ2n) is 6.93. The number of amides is 1. The number of hydrogen-bond acceptors (Lipinski definition) is 8. The van der Waals surface area contributed by atoms with Crippen LogP contribution in [0.4, 0.5) is 5.13 Å². The Morgan fingerprint density at radius 2 is 2.13 bits per heavy atom. The maximum atomic E-state index is 12.6. The molecule has 1 saturated heterocycles. The molecule has 3 heterocycles. The molecule has 164 valence electrons. The number of piperidine rings is 1. The molecule has 1 amide bonds. The number of esters is 1. The van der Waals surface area contributed by atoms with Gasteiger partial charge in [0.25, 0.3) is 5.91 Å². The highest BCUT2D eigenvalue weighted by atomic mass is 35.5. The lowest BCUT2D eigenvalue weighted by molar-refractivity contribution is 0.0530. The summed E-state index contributed by atoms with van der Waals surface area (Å²) in [5, 5.41) is 4.05. The van der Waals surface area contributed by atoms with Crippen molar-refractivity contribution in [3.05, 3.63) is 27.2 Å². The number of H-pyrrole nitrogens is 1. The van der Waals surface area contributed by atoms with E-state index in [0.29, 0.717) is 48.3 Å². The number of halogens is 1. The van der Waals surface area contributed by atoms with Crippen LogP contribution >= 0.6 is 22.9 Å². The SMILES string of the molecule is CCOC(=O)c1sc(N2CC[C@@H](NC(=O)c3nc(Cl)c(CC)[nH]3)[C@@H](OC)C2)nc1C. The Morgan fingerprint density at radius 1 is 1.37 bits per heavy atom. The largest absolute Gasteiger partial charge is 0.462 e. The minimum atomic E-state index is -0.354. The molecular formula is C19H26ClN5O4S. The highest BCUT2D eigenvalue weighted by Crippen LogP contribution is 2.29. The number of anilines is 1.